The lowest BCUT2D eigenvalue weighted by atomic mass is 10.2. The van der Waals surface area contributed by atoms with Gasteiger partial charge >= 0.3 is 6.09 Å². The first-order valence-electron chi connectivity index (χ1n) is 11.5. The Hall–Kier alpha value is -2.30. The number of hydrogen-bond donors (Lipinski definition) is 2. The van der Waals surface area contributed by atoms with Crippen LogP contribution in [-0.2, 0) is 36.5 Å². The summed E-state index contributed by atoms with van der Waals surface area (Å²) >= 11 is 0. The van der Waals surface area contributed by atoms with E-state index in [1.165, 1.54) is 0 Å². The summed E-state index contributed by atoms with van der Waals surface area (Å²) in [5, 5.41) is 2.70. The van der Waals surface area contributed by atoms with Crippen molar-refractivity contribution in [2.45, 2.75) is 31.3 Å². The first kappa shape index (κ1) is 27.9. The Morgan fingerprint density at radius 3 is 2.03 bits per heavy atom. The van der Waals surface area contributed by atoms with Crippen LogP contribution >= 0.6 is 0 Å². The Kier molecular flexibility index (Phi) is 14.9. The molecule has 2 rings (SSSR count). The summed E-state index contributed by atoms with van der Waals surface area (Å²) in [6.45, 7) is 6.50. The predicted molar refractivity (Wildman–Crippen MR) is 132 cm³/mol. The Labute approximate surface area is 204 Å². The van der Waals surface area contributed by atoms with Crippen molar-refractivity contribution >= 4 is 17.1 Å². The van der Waals surface area contributed by atoms with Crippen LogP contribution in [0.4, 0.5) is 4.79 Å². The van der Waals surface area contributed by atoms with E-state index in [1.54, 1.807) is 0 Å². The maximum Gasteiger partial charge on any atom is 0.407 e. The van der Waals surface area contributed by atoms with Gasteiger partial charge in [0.2, 0.25) is 0 Å². The van der Waals surface area contributed by atoms with Crippen LogP contribution < -0.4 is 10.0 Å². The molecule has 2 N–H and O–H groups in total. The maximum absolute atomic E-state index is 12.1. The number of carbonyl (C=O) groups excluding carboxylic acids is 1. The molecule has 0 aliphatic rings. The monoisotopic (exact) mass is 492 g/mol. The summed E-state index contributed by atoms with van der Waals surface area (Å²) in [7, 11) is -1.19. The number of rotatable bonds is 18. The first-order valence-corrected chi connectivity index (χ1v) is 12.7. The Balaban J connectivity index is 1.29. The van der Waals surface area contributed by atoms with Gasteiger partial charge in [0.15, 0.2) is 0 Å². The highest BCUT2D eigenvalue weighted by Crippen LogP contribution is 2.06. The molecular weight excluding hydrogens is 456 g/mol. The lowest BCUT2D eigenvalue weighted by molar-refractivity contribution is 0.0140. The number of benzene rings is 2. The van der Waals surface area contributed by atoms with Gasteiger partial charge in [-0.25, -0.2) is 13.7 Å². The molecule has 34 heavy (non-hydrogen) atoms. The summed E-state index contributed by atoms with van der Waals surface area (Å²) in [5.74, 6) is 0. The van der Waals surface area contributed by atoms with Crippen LogP contribution in [0.25, 0.3) is 0 Å². The molecule has 0 aliphatic heterocycles. The molecule has 0 radical (unpaired) electrons. The van der Waals surface area contributed by atoms with Crippen molar-refractivity contribution in [2.24, 2.45) is 0 Å². The predicted octanol–water partition coefficient (Wildman–Crippen LogP) is 3.36. The Morgan fingerprint density at radius 2 is 1.38 bits per heavy atom. The molecule has 0 aromatic heterocycles. The third-order valence-electron chi connectivity index (χ3n) is 4.63. The van der Waals surface area contributed by atoms with Crippen molar-refractivity contribution in [1.29, 1.82) is 0 Å². The van der Waals surface area contributed by atoms with Crippen LogP contribution in [0.15, 0.2) is 59.5 Å². The number of nitrogens with one attached hydrogen (secondary N) is 2. The minimum atomic E-state index is -1.19. The minimum absolute atomic E-state index is 0.260. The second-order valence-corrected chi connectivity index (χ2v) is 8.81. The second-order valence-electron chi connectivity index (χ2n) is 7.51. The fourth-order valence-electron chi connectivity index (χ4n) is 2.77. The number of hydrogen-bond acceptors (Lipinski definition) is 6. The maximum atomic E-state index is 12.1. The van der Waals surface area contributed by atoms with Crippen molar-refractivity contribution in [1.82, 2.24) is 10.0 Å². The summed E-state index contributed by atoms with van der Waals surface area (Å²) in [6.07, 6.45) is 1.04. The van der Waals surface area contributed by atoms with Crippen molar-refractivity contribution in [2.75, 3.05) is 52.7 Å². The lowest BCUT2D eigenvalue weighted by Gasteiger charge is -2.08. The van der Waals surface area contributed by atoms with Gasteiger partial charge in [-0.15, -0.1) is 0 Å². The summed E-state index contributed by atoms with van der Waals surface area (Å²) in [4.78, 5) is 12.4. The molecule has 0 aliphatic carbocycles. The van der Waals surface area contributed by atoms with Crippen LogP contribution in [0.3, 0.4) is 0 Å². The minimum Gasteiger partial charge on any atom is -0.445 e. The van der Waals surface area contributed by atoms with Gasteiger partial charge in [-0.1, -0.05) is 48.0 Å². The van der Waals surface area contributed by atoms with Gasteiger partial charge < -0.3 is 24.3 Å². The highest BCUT2D eigenvalue weighted by molar-refractivity contribution is 7.83. The number of amides is 1. The zero-order valence-corrected chi connectivity index (χ0v) is 20.6. The standard InChI is InChI=1S/C25H36N2O6S/c1-22-9-11-24(12-10-22)34(29)27-14-6-16-31-18-20-32-19-17-30-15-5-13-26-25(28)33-21-23-7-3-2-4-8-23/h2-4,7-12,27H,5-6,13-21H2,1H3,(H,26,28). The highest BCUT2D eigenvalue weighted by atomic mass is 32.2. The average molecular weight is 493 g/mol. The van der Waals surface area contributed by atoms with E-state index in [0.29, 0.717) is 59.2 Å². The zero-order chi connectivity index (χ0) is 24.3. The summed E-state index contributed by atoms with van der Waals surface area (Å²) in [6, 6.07) is 17.2. The van der Waals surface area contributed by atoms with Crippen LogP contribution in [0.5, 0.6) is 0 Å². The molecule has 2 aromatic carbocycles. The molecule has 0 saturated heterocycles. The van der Waals surface area contributed by atoms with Crippen LogP contribution in [0, 0.1) is 6.92 Å². The van der Waals surface area contributed by atoms with E-state index >= 15 is 0 Å². The van der Waals surface area contributed by atoms with E-state index in [-0.39, 0.29) is 6.61 Å². The third-order valence-corrected chi connectivity index (χ3v) is 5.79. The smallest absolute Gasteiger partial charge is 0.407 e. The topological polar surface area (TPSA) is 95.1 Å². The largest absolute Gasteiger partial charge is 0.445 e. The Morgan fingerprint density at radius 1 is 0.794 bits per heavy atom. The number of carbonyl (C=O) groups is 1. The molecule has 0 bridgehead atoms. The quantitative estimate of drug-likeness (QED) is 0.310. The van der Waals surface area contributed by atoms with Crippen LogP contribution in [0.2, 0.25) is 0 Å². The molecule has 0 saturated carbocycles. The fraction of sp³-hybridized carbons (Fsp3) is 0.480. The molecule has 0 heterocycles. The van der Waals surface area contributed by atoms with E-state index in [9.17, 15) is 9.00 Å². The van der Waals surface area contributed by atoms with E-state index in [1.807, 2.05) is 61.5 Å². The van der Waals surface area contributed by atoms with E-state index in [0.717, 1.165) is 22.4 Å². The summed E-state index contributed by atoms with van der Waals surface area (Å²) < 4.78 is 36.7. The van der Waals surface area contributed by atoms with Gasteiger partial charge in [0.25, 0.3) is 0 Å². The number of alkyl carbamates (subject to hydrolysis) is 1. The van der Waals surface area contributed by atoms with E-state index < -0.39 is 17.1 Å². The number of ether oxygens (including phenoxy) is 4. The number of aryl methyl sites for hydroxylation is 1. The van der Waals surface area contributed by atoms with Gasteiger partial charge in [-0.2, -0.15) is 0 Å². The van der Waals surface area contributed by atoms with Crippen molar-refractivity contribution in [3.8, 4) is 0 Å². The third kappa shape index (κ3) is 13.4. The first-order chi connectivity index (χ1) is 16.6. The van der Waals surface area contributed by atoms with Gasteiger partial charge in [0.1, 0.15) is 17.6 Å². The molecule has 1 amide bonds. The van der Waals surface area contributed by atoms with Gasteiger partial charge in [0, 0.05) is 26.3 Å². The highest BCUT2D eigenvalue weighted by Gasteiger charge is 2.03. The Bertz CT molecular complexity index is 820. The van der Waals surface area contributed by atoms with Gasteiger partial charge in [-0.05, 0) is 37.5 Å². The molecule has 9 heteroatoms. The fourth-order valence-corrected chi connectivity index (χ4v) is 3.64. The zero-order valence-electron chi connectivity index (χ0n) is 19.8. The molecule has 2 aromatic rings. The SMILES string of the molecule is Cc1ccc(S(=O)NCCCOCCOCCOCCCNC(=O)OCc2ccccc2)cc1. The van der Waals surface area contributed by atoms with Crippen molar-refractivity contribution in [3.05, 3.63) is 65.7 Å². The summed E-state index contributed by atoms with van der Waals surface area (Å²) in [5.41, 5.74) is 2.10. The average Bonchev–Trinajstić information content (AvgIpc) is 2.86. The molecule has 188 valence electrons. The molecule has 1 atom stereocenters. The van der Waals surface area contributed by atoms with Crippen LogP contribution in [-0.4, -0.2) is 63.0 Å². The molecule has 0 fully saturated rings. The molecular formula is C25H36N2O6S. The molecule has 8 nitrogen and oxygen atoms in total. The second kappa shape index (κ2) is 18.1. The van der Waals surface area contributed by atoms with Gasteiger partial charge in [-0.3, -0.25) is 0 Å². The molecule has 1 unspecified atom stereocenters. The van der Waals surface area contributed by atoms with Crippen LogP contribution in [0.1, 0.15) is 24.0 Å². The van der Waals surface area contributed by atoms with Crippen molar-refractivity contribution in [3.63, 3.8) is 0 Å². The molecule has 0 spiro atoms. The van der Waals surface area contributed by atoms with Crippen molar-refractivity contribution < 1.29 is 28.0 Å². The lowest BCUT2D eigenvalue weighted by Crippen LogP contribution is -2.26. The van der Waals surface area contributed by atoms with E-state index in [2.05, 4.69) is 10.0 Å². The van der Waals surface area contributed by atoms with Gasteiger partial charge in [0.05, 0.1) is 31.3 Å². The van der Waals surface area contributed by atoms with E-state index in [4.69, 9.17) is 18.9 Å². The normalized spacial score (nSPS) is 11.8.